The van der Waals surface area contributed by atoms with Crippen LogP contribution in [0.3, 0.4) is 0 Å². The van der Waals surface area contributed by atoms with E-state index in [0.717, 1.165) is 35.7 Å². The van der Waals surface area contributed by atoms with Crippen LogP contribution in [0.5, 0.6) is 0 Å². The van der Waals surface area contributed by atoms with Gasteiger partial charge in [0.25, 0.3) is 11.5 Å². The largest absolute Gasteiger partial charge is 0.416 e. The maximum Gasteiger partial charge on any atom is 0.416 e. The number of aromatic amines is 2. The number of halogens is 3. The number of aromatic nitrogens is 4. The van der Waals surface area contributed by atoms with Gasteiger partial charge in [-0.2, -0.15) is 18.3 Å². The lowest BCUT2D eigenvalue weighted by Crippen LogP contribution is -2.50. The number of aryl methyl sites for hydroxylation is 1. The minimum atomic E-state index is -4.49. The number of rotatable bonds is 10. The van der Waals surface area contributed by atoms with Crippen molar-refractivity contribution in [2.24, 2.45) is 0 Å². The van der Waals surface area contributed by atoms with Gasteiger partial charge in [0.05, 0.1) is 35.7 Å². The van der Waals surface area contributed by atoms with E-state index in [-0.39, 0.29) is 17.9 Å². The number of nitrogens with one attached hydrogen (secondary N) is 4. The first-order valence-electron chi connectivity index (χ1n) is 19.0. The summed E-state index contributed by atoms with van der Waals surface area (Å²) < 4.78 is 51.0. The minimum Gasteiger partial charge on any atom is -0.376 e. The van der Waals surface area contributed by atoms with Gasteiger partial charge in [-0.1, -0.05) is 31.2 Å². The second-order valence-electron chi connectivity index (χ2n) is 14.4. The Morgan fingerprint density at radius 1 is 0.964 bits per heavy atom. The number of fused-ring (bicyclic) bond motifs is 2. The molecule has 4 N–H and O–H groups in total. The van der Waals surface area contributed by atoms with Gasteiger partial charge in [-0.25, -0.2) is 4.68 Å². The highest BCUT2D eigenvalue weighted by molar-refractivity contribution is 8.01. The summed E-state index contributed by atoms with van der Waals surface area (Å²) in [6.07, 6.45) is -0.362. The first-order chi connectivity index (χ1) is 27.1. The number of piperazine rings is 1. The monoisotopic (exact) mass is 788 g/mol. The van der Waals surface area contributed by atoms with Crippen LogP contribution in [0.15, 0.2) is 59.4 Å². The highest BCUT2D eigenvalue weighted by atomic mass is 32.2. The van der Waals surface area contributed by atoms with Gasteiger partial charge in [0.15, 0.2) is 5.82 Å². The molecule has 2 fully saturated rings. The van der Waals surface area contributed by atoms with Gasteiger partial charge >= 0.3 is 6.18 Å². The average Bonchev–Trinajstić information content (AvgIpc) is 4.01. The van der Waals surface area contributed by atoms with E-state index in [4.69, 9.17) is 9.84 Å². The summed E-state index contributed by atoms with van der Waals surface area (Å²) in [5, 5.41) is 14.3. The van der Waals surface area contributed by atoms with Gasteiger partial charge < -0.3 is 24.6 Å². The number of hydrogen-bond donors (Lipinski definition) is 4. The van der Waals surface area contributed by atoms with Crippen molar-refractivity contribution >= 4 is 40.8 Å². The molecule has 4 aliphatic rings. The number of carbonyl (C=O) groups is 2. The van der Waals surface area contributed by atoms with Crippen LogP contribution in [0.2, 0.25) is 0 Å². The van der Waals surface area contributed by atoms with Crippen molar-refractivity contribution in [1.82, 2.24) is 24.9 Å². The summed E-state index contributed by atoms with van der Waals surface area (Å²) in [5.41, 5.74) is 4.81. The fraction of sp³-hybridized carbons (Fsp3) is 0.400. The summed E-state index contributed by atoms with van der Waals surface area (Å²) in [4.78, 5) is 45.9. The third kappa shape index (κ3) is 7.89. The molecule has 1 saturated heterocycles. The van der Waals surface area contributed by atoms with E-state index < -0.39 is 29.8 Å². The fourth-order valence-electron chi connectivity index (χ4n) is 7.41. The Bertz CT molecular complexity index is 2270. The van der Waals surface area contributed by atoms with Crippen LogP contribution in [0.4, 0.5) is 30.2 Å². The molecule has 2 amide bonds. The maximum atomic E-state index is 14.7. The van der Waals surface area contributed by atoms with Crippen molar-refractivity contribution in [3.8, 4) is 11.4 Å². The molecule has 0 bridgehead atoms. The Morgan fingerprint density at radius 3 is 2.48 bits per heavy atom. The molecule has 0 spiro atoms. The van der Waals surface area contributed by atoms with E-state index in [9.17, 15) is 27.6 Å². The Balaban J connectivity index is 1.10. The van der Waals surface area contributed by atoms with Crippen molar-refractivity contribution < 1.29 is 27.5 Å². The lowest BCUT2D eigenvalue weighted by Gasteiger charge is -2.36. The number of H-pyrrole nitrogens is 2. The van der Waals surface area contributed by atoms with Crippen LogP contribution in [-0.4, -0.2) is 74.7 Å². The van der Waals surface area contributed by atoms with Gasteiger partial charge in [0, 0.05) is 42.7 Å². The lowest BCUT2D eigenvalue weighted by molar-refractivity contribution is -0.138. The first kappa shape index (κ1) is 37.7. The molecular formula is C40H43F3N8O4S. The average molecular weight is 789 g/mol. The van der Waals surface area contributed by atoms with Crippen molar-refractivity contribution in [2.75, 3.05) is 47.7 Å². The Morgan fingerprint density at radius 2 is 1.75 bits per heavy atom. The number of carbonyl (C=O) groups excluding carboxylic acids is 2. The number of ether oxygens (including phenoxy) is 1. The number of hydrogen-bond acceptors (Lipinski definition) is 8. The number of anilines is 3. The minimum absolute atomic E-state index is 0.0965. The lowest BCUT2D eigenvalue weighted by atomic mass is 9.83. The van der Waals surface area contributed by atoms with E-state index >= 15 is 0 Å². The zero-order chi connectivity index (χ0) is 39.0. The zero-order valence-corrected chi connectivity index (χ0v) is 31.7. The quantitative estimate of drug-likeness (QED) is 0.138. The molecule has 0 radical (unpaired) electrons. The molecule has 0 unspecified atom stereocenters. The highest BCUT2D eigenvalue weighted by Gasteiger charge is 2.37. The van der Waals surface area contributed by atoms with Gasteiger partial charge in [-0.05, 0) is 103 Å². The molecule has 294 valence electrons. The van der Waals surface area contributed by atoms with Gasteiger partial charge in [-0.15, -0.1) is 0 Å². The van der Waals surface area contributed by atoms with Crippen LogP contribution in [0.25, 0.3) is 11.4 Å². The SMILES string of the molecule is CCc1[nH]nc(-c2ccc3c(c2)CCOC3)[nH]n(CC(=O)Nc2ccc(C(F)(F)F)c3c2CC3)c(=O)c1N1CCN(C(=O)c2ccccc2NSC2CC2)CC1. The molecule has 56 heavy (non-hydrogen) atoms. The third-order valence-electron chi connectivity index (χ3n) is 10.7. The summed E-state index contributed by atoms with van der Waals surface area (Å²) in [6.45, 7) is 3.95. The number of para-hydroxylation sites is 1. The molecule has 12 nitrogen and oxygen atoms in total. The maximum absolute atomic E-state index is 14.7. The number of benzene rings is 3. The molecule has 0 atom stereocenters. The van der Waals surface area contributed by atoms with Crippen LogP contribution in [-0.2, 0) is 54.5 Å². The Kier molecular flexibility index (Phi) is 10.6. The smallest absolute Gasteiger partial charge is 0.376 e. The van der Waals surface area contributed by atoms with Gasteiger partial charge in [0.2, 0.25) is 5.91 Å². The molecule has 4 aromatic rings. The standard InChI is InChI=1S/C40H43F3N8O4S/c1-2-32-36(49-16-18-50(19-17-49)38(53)30-5-3-4-6-34(30)48-56-27-9-10-27)39(54)51(47-37(46-45-32)25-7-8-26-23-55-20-15-24(26)21-25)22-35(52)44-33-14-13-31(40(41,42)43)28-11-12-29(28)33/h3-8,13-14,21,27,45,48H,2,9-12,15-20,22-23H2,1H3,(H,44,52)(H,46,47). The van der Waals surface area contributed by atoms with E-state index in [2.05, 4.69) is 20.2 Å². The van der Waals surface area contributed by atoms with Crippen LogP contribution in [0, 0.1) is 0 Å². The second-order valence-corrected chi connectivity index (χ2v) is 15.6. The molecule has 1 aromatic heterocycles. The van der Waals surface area contributed by atoms with Crippen LogP contribution in [0.1, 0.15) is 63.6 Å². The topological polar surface area (TPSA) is 140 Å². The fourth-order valence-corrected chi connectivity index (χ4v) is 8.25. The van der Waals surface area contributed by atoms with Crippen molar-refractivity contribution in [2.45, 2.75) is 70.0 Å². The summed E-state index contributed by atoms with van der Waals surface area (Å²) in [7, 11) is 0. The van der Waals surface area contributed by atoms with E-state index in [0.29, 0.717) is 103 Å². The summed E-state index contributed by atoms with van der Waals surface area (Å²) in [6, 6.07) is 15.6. The molecule has 3 heterocycles. The predicted octanol–water partition coefficient (Wildman–Crippen LogP) is 6.27. The van der Waals surface area contributed by atoms with Gasteiger partial charge in [-0.3, -0.25) is 24.6 Å². The third-order valence-corrected chi connectivity index (χ3v) is 11.9. The molecule has 16 heteroatoms. The molecule has 1 saturated carbocycles. The Hall–Kier alpha value is -5.22. The molecule has 2 aliphatic carbocycles. The molecular weight excluding hydrogens is 746 g/mol. The Labute approximate surface area is 325 Å². The zero-order valence-electron chi connectivity index (χ0n) is 30.9. The van der Waals surface area contributed by atoms with Gasteiger partial charge in [0.1, 0.15) is 12.2 Å². The van der Waals surface area contributed by atoms with Crippen LogP contribution < -0.4 is 20.5 Å². The second kappa shape index (κ2) is 15.7. The summed E-state index contributed by atoms with van der Waals surface area (Å²) in [5.74, 6) is -0.373. The van der Waals surface area contributed by atoms with Crippen LogP contribution >= 0.6 is 11.9 Å². The molecule has 2 aliphatic heterocycles. The van der Waals surface area contributed by atoms with E-state index in [1.54, 1.807) is 16.8 Å². The molecule has 8 rings (SSSR count). The first-order valence-corrected chi connectivity index (χ1v) is 19.9. The van der Waals surface area contributed by atoms with Crippen molar-refractivity contribution in [3.63, 3.8) is 0 Å². The predicted molar refractivity (Wildman–Crippen MR) is 209 cm³/mol. The van der Waals surface area contributed by atoms with E-state index in [1.165, 1.54) is 10.7 Å². The number of amides is 2. The molecule has 3 aromatic carbocycles. The summed E-state index contributed by atoms with van der Waals surface area (Å²) >= 11 is 1.64. The van der Waals surface area contributed by atoms with Crippen molar-refractivity contribution in [1.29, 1.82) is 0 Å². The van der Waals surface area contributed by atoms with E-state index in [1.807, 2.05) is 54.3 Å². The van der Waals surface area contributed by atoms with Crippen molar-refractivity contribution in [3.05, 3.63) is 104 Å². The normalized spacial score (nSPS) is 16.4. The number of alkyl halides is 3. The number of nitrogens with zero attached hydrogens (tertiary/aromatic N) is 4. The highest BCUT2D eigenvalue weighted by Crippen LogP contribution is 2.41.